The number of nitrogens with one attached hydrogen (secondary N) is 1. The van der Waals surface area contributed by atoms with Gasteiger partial charge in [-0.3, -0.25) is 4.90 Å². The van der Waals surface area contributed by atoms with Crippen LogP contribution in [0.2, 0.25) is 0 Å². The van der Waals surface area contributed by atoms with E-state index in [-0.39, 0.29) is 6.10 Å². The number of aliphatic hydroxyl groups excluding tert-OH is 1. The molecular weight excluding hydrogens is 414 g/mol. The smallest absolute Gasteiger partial charge is 0.210 e. The molecule has 30 heavy (non-hydrogen) atoms. The van der Waals surface area contributed by atoms with Crippen LogP contribution in [0.25, 0.3) is 0 Å². The molecule has 3 aromatic rings. The predicted molar refractivity (Wildman–Crippen MR) is 126 cm³/mol. The average Bonchev–Trinajstić information content (AvgIpc) is 3.21. The highest BCUT2D eigenvalue weighted by Gasteiger charge is 2.20. The number of piperazine rings is 1. The molecule has 1 fully saturated rings. The number of aryl methyl sites for hydroxylation is 1. The predicted octanol–water partition coefficient (Wildman–Crippen LogP) is 3.87. The Balaban J connectivity index is 1.19. The van der Waals surface area contributed by atoms with Crippen LogP contribution in [0, 0.1) is 6.92 Å². The Bertz CT molecular complexity index is 928. The summed E-state index contributed by atoms with van der Waals surface area (Å²) < 4.78 is 0.873. The van der Waals surface area contributed by atoms with E-state index >= 15 is 0 Å². The van der Waals surface area contributed by atoms with Crippen molar-refractivity contribution in [1.29, 1.82) is 0 Å². The number of benzene rings is 2. The number of hydrogen-bond acceptors (Lipinski definition) is 8. The summed E-state index contributed by atoms with van der Waals surface area (Å²) in [6.07, 6.45) is -0.379. The zero-order valence-electron chi connectivity index (χ0n) is 17.1. The van der Waals surface area contributed by atoms with Crippen molar-refractivity contribution in [2.45, 2.75) is 17.4 Å². The molecule has 2 N–H and O–H groups in total. The fraction of sp³-hybridized carbons (Fsp3) is 0.364. The third-order valence-electron chi connectivity index (χ3n) is 5.04. The van der Waals surface area contributed by atoms with Crippen LogP contribution in [0.5, 0.6) is 0 Å². The summed E-state index contributed by atoms with van der Waals surface area (Å²) in [5.41, 5.74) is 3.49. The number of rotatable bonds is 8. The number of anilines is 3. The molecule has 4 rings (SSSR count). The van der Waals surface area contributed by atoms with Gasteiger partial charge in [0.25, 0.3) is 0 Å². The second kappa shape index (κ2) is 10.3. The molecule has 2 aromatic carbocycles. The van der Waals surface area contributed by atoms with Gasteiger partial charge in [-0.25, -0.2) is 0 Å². The fourth-order valence-corrected chi connectivity index (χ4v) is 5.22. The molecule has 1 aliphatic rings. The standard InChI is InChI=1S/C22H27N5OS2/c1-17-6-5-7-18(14-17)23-21-24-25-22(30-21)29-16-20(28)15-26-10-12-27(13-11-26)19-8-3-2-4-9-19/h2-9,14,20,28H,10-13,15-16H2,1H3,(H,23,24). The second-order valence-corrected chi connectivity index (χ2v) is 9.70. The first kappa shape index (κ1) is 21.1. The molecule has 2 heterocycles. The first-order valence-electron chi connectivity index (χ1n) is 10.2. The van der Waals surface area contributed by atoms with E-state index in [1.807, 2.05) is 18.2 Å². The van der Waals surface area contributed by atoms with Gasteiger partial charge < -0.3 is 15.3 Å². The number of hydrogen-bond donors (Lipinski definition) is 2. The van der Waals surface area contributed by atoms with Crippen molar-refractivity contribution in [1.82, 2.24) is 15.1 Å². The Morgan fingerprint density at radius 2 is 1.87 bits per heavy atom. The topological polar surface area (TPSA) is 64.5 Å². The number of aromatic nitrogens is 2. The van der Waals surface area contributed by atoms with Crippen molar-refractivity contribution < 1.29 is 5.11 Å². The van der Waals surface area contributed by atoms with E-state index in [1.54, 1.807) is 11.8 Å². The summed E-state index contributed by atoms with van der Waals surface area (Å²) in [5.74, 6) is 0.623. The first-order chi connectivity index (χ1) is 14.7. The normalized spacial score (nSPS) is 15.9. The number of para-hydroxylation sites is 1. The van der Waals surface area contributed by atoms with Crippen molar-refractivity contribution in [2.24, 2.45) is 0 Å². The van der Waals surface area contributed by atoms with Gasteiger partial charge in [-0.2, -0.15) is 0 Å². The van der Waals surface area contributed by atoms with Crippen molar-refractivity contribution >= 4 is 39.6 Å². The van der Waals surface area contributed by atoms with Crippen molar-refractivity contribution in [3.63, 3.8) is 0 Å². The Morgan fingerprint density at radius 1 is 1.07 bits per heavy atom. The van der Waals surface area contributed by atoms with Crippen molar-refractivity contribution in [2.75, 3.05) is 48.7 Å². The maximum atomic E-state index is 10.5. The van der Waals surface area contributed by atoms with Crippen molar-refractivity contribution in [3.8, 4) is 0 Å². The molecule has 1 aliphatic heterocycles. The largest absolute Gasteiger partial charge is 0.391 e. The molecule has 6 nitrogen and oxygen atoms in total. The zero-order valence-corrected chi connectivity index (χ0v) is 18.7. The number of aliphatic hydroxyl groups is 1. The monoisotopic (exact) mass is 441 g/mol. The summed E-state index contributed by atoms with van der Waals surface area (Å²) in [6.45, 7) is 6.70. The maximum absolute atomic E-state index is 10.5. The van der Waals surface area contributed by atoms with Crippen molar-refractivity contribution in [3.05, 3.63) is 60.2 Å². The molecule has 8 heteroatoms. The van der Waals surface area contributed by atoms with Crippen LogP contribution in [0.1, 0.15) is 5.56 Å². The highest BCUT2D eigenvalue weighted by Crippen LogP contribution is 2.28. The molecule has 158 valence electrons. The van der Waals surface area contributed by atoms with E-state index in [2.05, 4.69) is 68.6 Å². The summed E-state index contributed by atoms with van der Waals surface area (Å²) in [4.78, 5) is 4.75. The second-order valence-electron chi connectivity index (χ2n) is 7.46. The summed E-state index contributed by atoms with van der Waals surface area (Å²) in [5, 5.41) is 23.0. The average molecular weight is 442 g/mol. The van der Waals surface area contributed by atoms with Crippen LogP contribution in [-0.2, 0) is 0 Å². The Morgan fingerprint density at radius 3 is 2.63 bits per heavy atom. The van der Waals surface area contributed by atoms with Gasteiger partial charge in [0, 0.05) is 49.9 Å². The molecule has 1 aromatic heterocycles. The lowest BCUT2D eigenvalue weighted by atomic mass is 10.2. The number of β-amino-alcohol motifs (C(OH)–C–C–N with tert-alkyl or cyclic N) is 1. The SMILES string of the molecule is Cc1cccc(Nc2nnc(SCC(O)CN3CCN(c4ccccc4)CC3)s2)c1. The minimum Gasteiger partial charge on any atom is -0.391 e. The number of nitrogens with zero attached hydrogens (tertiary/aromatic N) is 4. The lowest BCUT2D eigenvalue weighted by molar-refractivity contribution is 0.126. The third kappa shape index (κ3) is 5.95. The Hall–Kier alpha value is -2.13. The van der Waals surface area contributed by atoms with Crippen LogP contribution < -0.4 is 10.2 Å². The lowest BCUT2D eigenvalue weighted by Crippen LogP contribution is -2.48. The van der Waals surface area contributed by atoms with Gasteiger partial charge in [0.1, 0.15) is 0 Å². The minimum absolute atomic E-state index is 0.379. The highest BCUT2D eigenvalue weighted by atomic mass is 32.2. The van der Waals surface area contributed by atoms with Gasteiger partial charge in [-0.05, 0) is 36.8 Å². The van der Waals surface area contributed by atoms with Gasteiger partial charge in [0.05, 0.1) is 6.10 Å². The minimum atomic E-state index is -0.379. The third-order valence-corrected chi connectivity index (χ3v) is 7.15. The van der Waals surface area contributed by atoms with Crippen LogP contribution in [0.3, 0.4) is 0 Å². The molecule has 0 amide bonds. The summed E-state index contributed by atoms with van der Waals surface area (Å²) in [7, 11) is 0. The molecule has 0 aliphatic carbocycles. The molecule has 0 radical (unpaired) electrons. The van der Waals surface area contributed by atoms with Gasteiger partial charge >= 0.3 is 0 Å². The Kier molecular flexibility index (Phi) is 7.22. The Labute approximate surface area is 185 Å². The van der Waals surface area contributed by atoms with Gasteiger partial charge in [-0.1, -0.05) is 53.4 Å². The molecule has 1 saturated heterocycles. The van der Waals surface area contributed by atoms with Crippen LogP contribution in [0.15, 0.2) is 58.9 Å². The van der Waals surface area contributed by atoms with Gasteiger partial charge in [-0.15, -0.1) is 10.2 Å². The first-order valence-corrected chi connectivity index (χ1v) is 12.0. The molecule has 1 unspecified atom stereocenters. The molecule has 0 bridgehead atoms. The van der Waals surface area contributed by atoms with E-state index < -0.39 is 0 Å². The van der Waals surface area contributed by atoms with E-state index in [9.17, 15) is 5.11 Å². The molecule has 0 spiro atoms. The fourth-order valence-electron chi connectivity index (χ4n) is 3.51. The van der Waals surface area contributed by atoms with E-state index in [1.165, 1.54) is 22.6 Å². The molecule has 0 saturated carbocycles. The highest BCUT2D eigenvalue weighted by molar-refractivity contribution is 8.01. The van der Waals surface area contributed by atoms with Crippen LogP contribution in [0.4, 0.5) is 16.5 Å². The molecule has 1 atom stereocenters. The summed E-state index contributed by atoms with van der Waals surface area (Å²) >= 11 is 3.08. The van der Waals surface area contributed by atoms with Crippen LogP contribution >= 0.6 is 23.1 Å². The van der Waals surface area contributed by atoms with E-state index in [0.29, 0.717) is 12.3 Å². The van der Waals surface area contributed by atoms with Gasteiger partial charge in [0.2, 0.25) is 5.13 Å². The van der Waals surface area contributed by atoms with Crippen LogP contribution in [-0.4, -0.2) is 64.8 Å². The zero-order chi connectivity index (χ0) is 20.8. The quantitative estimate of drug-likeness (QED) is 0.515. The number of thioether (sulfide) groups is 1. The van der Waals surface area contributed by atoms with E-state index in [4.69, 9.17) is 0 Å². The van der Waals surface area contributed by atoms with Gasteiger partial charge in [0.15, 0.2) is 4.34 Å². The molecular formula is C22H27N5OS2. The van der Waals surface area contributed by atoms with E-state index in [0.717, 1.165) is 41.3 Å². The summed E-state index contributed by atoms with van der Waals surface area (Å²) in [6, 6.07) is 18.7. The lowest BCUT2D eigenvalue weighted by Gasteiger charge is -2.36. The maximum Gasteiger partial charge on any atom is 0.210 e.